The summed E-state index contributed by atoms with van der Waals surface area (Å²) in [6, 6.07) is 63.2. The van der Waals surface area contributed by atoms with E-state index >= 15 is 0 Å². The molecule has 1 aliphatic heterocycles. The molecule has 9 rings (SSSR count). The number of para-hydroxylation sites is 3. The number of fused-ring (bicyclic) bond motifs is 3. The van der Waals surface area contributed by atoms with Crippen LogP contribution in [-0.4, -0.2) is 11.1 Å². The van der Waals surface area contributed by atoms with Gasteiger partial charge in [-0.2, -0.15) is 0 Å². The average Bonchev–Trinajstić information content (AvgIpc) is 3.62. The Hall–Kier alpha value is -7.56. The molecule has 2 heterocycles. The molecule has 4 nitrogen and oxygen atoms in total. The van der Waals surface area contributed by atoms with Gasteiger partial charge in [-0.3, -0.25) is 4.57 Å². The molecule has 0 spiro atoms. The van der Waals surface area contributed by atoms with E-state index in [1.807, 2.05) is 12.2 Å². The van der Waals surface area contributed by atoms with E-state index in [9.17, 15) is 0 Å². The van der Waals surface area contributed by atoms with Crippen LogP contribution in [0.15, 0.2) is 231 Å². The van der Waals surface area contributed by atoms with Crippen LogP contribution in [0, 0.1) is 0 Å². The lowest BCUT2D eigenvalue weighted by atomic mass is 9.99. The predicted octanol–water partition coefficient (Wildman–Crippen LogP) is 14.3. The maximum absolute atomic E-state index is 3.91. The van der Waals surface area contributed by atoms with E-state index in [-0.39, 0.29) is 0 Å². The first kappa shape index (κ1) is 36.1. The van der Waals surface area contributed by atoms with Crippen LogP contribution in [0.3, 0.4) is 0 Å². The highest BCUT2D eigenvalue weighted by Crippen LogP contribution is 2.40. The Labute approximate surface area is 340 Å². The van der Waals surface area contributed by atoms with E-state index < -0.39 is 0 Å². The Balaban J connectivity index is 1.18. The van der Waals surface area contributed by atoms with Crippen molar-refractivity contribution < 1.29 is 0 Å². The monoisotopic (exact) mass is 748 g/mol. The maximum atomic E-state index is 3.91. The second-order valence-electron chi connectivity index (χ2n) is 14.2. The minimum absolute atomic E-state index is 0.788. The van der Waals surface area contributed by atoms with E-state index in [0.29, 0.717) is 0 Å². The highest BCUT2D eigenvalue weighted by Gasteiger charge is 2.19. The van der Waals surface area contributed by atoms with Crippen molar-refractivity contribution in [1.82, 2.24) is 9.88 Å². The zero-order valence-electron chi connectivity index (χ0n) is 32.5. The summed E-state index contributed by atoms with van der Waals surface area (Å²) in [6.45, 7) is 6.78. The van der Waals surface area contributed by atoms with Gasteiger partial charge in [0.15, 0.2) is 0 Å². The van der Waals surface area contributed by atoms with Gasteiger partial charge in [-0.05, 0) is 126 Å². The van der Waals surface area contributed by atoms with E-state index in [2.05, 4.69) is 239 Å². The topological polar surface area (TPSA) is 23.4 Å². The van der Waals surface area contributed by atoms with Gasteiger partial charge in [-0.1, -0.05) is 128 Å². The summed E-state index contributed by atoms with van der Waals surface area (Å²) in [4.78, 5) is 4.61. The van der Waals surface area contributed by atoms with Crippen LogP contribution < -0.4 is 15.1 Å². The van der Waals surface area contributed by atoms with Gasteiger partial charge in [0.2, 0.25) is 0 Å². The van der Waals surface area contributed by atoms with Crippen molar-refractivity contribution >= 4 is 56.1 Å². The molecule has 280 valence electrons. The van der Waals surface area contributed by atoms with E-state index in [1.165, 1.54) is 10.8 Å². The van der Waals surface area contributed by atoms with Crippen LogP contribution in [0.1, 0.15) is 6.92 Å². The molecule has 0 aliphatic carbocycles. The number of aromatic nitrogens is 1. The number of rotatable bonds is 11. The highest BCUT2D eigenvalue weighted by molar-refractivity contribution is 6.12. The zero-order chi connectivity index (χ0) is 39.3. The molecule has 58 heavy (non-hydrogen) atoms. The fourth-order valence-corrected chi connectivity index (χ4v) is 7.99. The molecule has 7 aromatic carbocycles. The van der Waals surface area contributed by atoms with Gasteiger partial charge in [-0.25, -0.2) is 0 Å². The molecule has 8 aromatic rings. The molecule has 0 saturated carbocycles. The van der Waals surface area contributed by atoms with Crippen molar-refractivity contribution in [2.75, 3.05) is 16.3 Å². The quantitative estimate of drug-likeness (QED) is 0.133. The predicted molar refractivity (Wildman–Crippen MR) is 248 cm³/mol. The number of anilines is 5. The SMILES string of the molecule is C=C/C=C\C(=C/C)N(c1ccccc1)c1cccc(-c2ccc3c(c2)c2cc(-c4cccc(N(c5ccccc5)c5ccccc5)c4)ccc2n3C2=CC=CCN2)c1. The Bertz CT molecular complexity index is 2820. The average molecular weight is 749 g/mol. The van der Waals surface area contributed by atoms with Gasteiger partial charge in [0.05, 0.1) is 11.0 Å². The van der Waals surface area contributed by atoms with Crippen molar-refractivity contribution in [3.63, 3.8) is 0 Å². The Morgan fingerprint density at radius 2 is 1.09 bits per heavy atom. The van der Waals surface area contributed by atoms with E-state index in [1.54, 1.807) is 0 Å². The molecule has 0 bridgehead atoms. The fraction of sp³-hybridized carbons (Fsp3) is 0.0370. The lowest BCUT2D eigenvalue weighted by molar-refractivity contribution is 0.922. The third kappa shape index (κ3) is 7.04. The largest absolute Gasteiger partial charge is 0.368 e. The summed E-state index contributed by atoms with van der Waals surface area (Å²) in [7, 11) is 0. The molecule has 1 aromatic heterocycles. The molecule has 0 saturated heterocycles. The molecule has 0 atom stereocenters. The molecule has 4 heteroatoms. The second-order valence-corrected chi connectivity index (χ2v) is 14.2. The fourth-order valence-electron chi connectivity index (χ4n) is 7.99. The third-order valence-electron chi connectivity index (χ3n) is 10.7. The summed E-state index contributed by atoms with van der Waals surface area (Å²) < 4.78 is 2.36. The van der Waals surface area contributed by atoms with Gasteiger partial charge in [0.25, 0.3) is 0 Å². The van der Waals surface area contributed by atoms with Gasteiger partial charge in [0, 0.05) is 51.5 Å². The lowest BCUT2D eigenvalue weighted by Gasteiger charge is -2.26. The molecule has 1 aliphatic rings. The summed E-state index contributed by atoms with van der Waals surface area (Å²) >= 11 is 0. The highest BCUT2D eigenvalue weighted by atomic mass is 15.2. The van der Waals surface area contributed by atoms with Crippen LogP contribution in [-0.2, 0) is 0 Å². The van der Waals surface area contributed by atoms with Gasteiger partial charge >= 0.3 is 0 Å². The summed E-state index contributed by atoms with van der Waals surface area (Å²) in [5.41, 5.74) is 13.5. The number of nitrogens with zero attached hydrogens (tertiary/aromatic N) is 3. The number of dihydropyridines is 1. The number of benzene rings is 7. The van der Waals surface area contributed by atoms with Crippen LogP contribution in [0.25, 0.3) is 49.9 Å². The number of nitrogens with one attached hydrogen (secondary N) is 1. The van der Waals surface area contributed by atoms with Crippen molar-refractivity contribution in [3.05, 3.63) is 231 Å². The van der Waals surface area contributed by atoms with Crippen molar-refractivity contribution in [3.8, 4) is 22.3 Å². The van der Waals surface area contributed by atoms with Crippen LogP contribution in [0.2, 0.25) is 0 Å². The zero-order valence-corrected chi connectivity index (χ0v) is 32.5. The third-order valence-corrected chi connectivity index (χ3v) is 10.7. The molecular formula is C54H44N4. The van der Waals surface area contributed by atoms with Gasteiger partial charge in [0.1, 0.15) is 5.82 Å². The van der Waals surface area contributed by atoms with Crippen LogP contribution in [0.4, 0.5) is 28.4 Å². The Morgan fingerprint density at radius 3 is 1.62 bits per heavy atom. The Morgan fingerprint density at radius 1 is 0.569 bits per heavy atom. The minimum Gasteiger partial charge on any atom is -0.368 e. The van der Waals surface area contributed by atoms with Gasteiger partial charge in [-0.15, -0.1) is 0 Å². The van der Waals surface area contributed by atoms with Crippen molar-refractivity contribution in [1.29, 1.82) is 0 Å². The van der Waals surface area contributed by atoms with Crippen molar-refractivity contribution in [2.24, 2.45) is 0 Å². The van der Waals surface area contributed by atoms with Crippen LogP contribution in [0.5, 0.6) is 0 Å². The number of allylic oxidation sites excluding steroid dienone is 6. The smallest absolute Gasteiger partial charge is 0.111 e. The molecule has 0 unspecified atom stereocenters. The summed E-state index contributed by atoms with van der Waals surface area (Å²) in [6.07, 6.45) is 14.5. The normalized spacial score (nSPS) is 12.8. The molecule has 1 N–H and O–H groups in total. The minimum atomic E-state index is 0.788. The first-order valence-electron chi connectivity index (χ1n) is 19.8. The standard InChI is InChI=1S/C54H44N4/c1-3-5-21-44(4-2)56(45-22-9-6-10-23-45)48-28-17-19-40(36-48)42-31-33-52-50(38-42)51-39-43(32-34-53(51)58(52)54-30-15-16-35-55-54)41-20-18-29-49(37-41)57(46-24-11-7-12-25-46)47-26-13-8-14-27-47/h3-34,36-39,55H,1,35H2,2H3/b21-5-,44-4+. The van der Waals surface area contributed by atoms with Gasteiger partial charge < -0.3 is 15.1 Å². The van der Waals surface area contributed by atoms with E-state index in [4.69, 9.17) is 0 Å². The summed E-state index contributed by atoms with van der Waals surface area (Å²) in [5, 5.41) is 6.03. The molecule has 0 fully saturated rings. The Kier molecular flexibility index (Phi) is 10.1. The first-order chi connectivity index (χ1) is 28.7. The van der Waals surface area contributed by atoms with Crippen LogP contribution >= 0.6 is 0 Å². The maximum Gasteiger partial charge on any atom is 0.111 e. The van der Waals surface area contributed by atoms with Crippen molar-refractivity contribution in [2.45, 2.75) is 6.92 Å². The molecule has 0 radical (unpaired) electrons. The first-order valence-corrected chi connectivity index (χ1v) is 19.8. The summed E-state index contributed by atoms with van der Waals surface area (Å²) in [5.74, 6) is 1.07. The van der Waals surface area contributed by atoms with E-state index in [0.717, 1.165) is 79.8 Å². The molecular weight excluding hydrogens is 705 g/mol. The lowest BCUT2D eigenvalue weighted by Crippen LogP contribution is -2.19. The second kappa shape index (κ2) is 16.3. The molecule has 0 amide bonds. The number of hydrogen-bond donors (Lipinski definition) is 1. The number of hydrogen-bond acceptors (Lipinski definition) is 3.